The molecule has 6 nitrogen and oxygen atoms in total. The molecule has 0 saturated carbocycles. The third-order valence-corrected chi connectivity index (χ3v) is 6.81. The van der Waals surface area contributed by atoms with Gasteiger partial charge in [-0.25, -0.2) is 0 Å². The van der Waals surface area contributed by atoms with Gasteiger partial charge < -0.3 is 29.6 Å². The Morgan fingerprint density at radius 1 is 0.757 bits per heavy atom. The van der Waals surface area contributed by atoms with Crippen molar-refractivity contribution in [3.63, 3.8) is 0 Å². The standard InChI is InChI=1S/C31H33N5O/c1-2-3-17-37-18-16-36-15-5-4-6-30(36)31-28-13-11-26(34-28)20-24-9-7-22(32-24)19-23-8-10-25(33-23)21-27-12-14-29(31)35-27/h4-14,19-21,32-35H,2-3,15-18H2,1H3. The normalized spacial score (nSPS) is 14.7. The number of fused-ring (bicyclic) bond motifs is 8. The molecular weight excluding hydrogens is 458 g/mol. The van der Waals surface area contributed by atoms with Gasteiger partial charge >= 0.3 is 0 Å². The van der Waals surface area contributed by atoms with Gasteiger partial charge in [0.25, 0.3) is 0 Å². The predicted molar refractivity (Wildman–Crippen MR) is 149 cm³/mol. The summed E-state index contributed by atoms with van der Waals surface area (Å²) in [4.78, 5) is 16.7. The first kappa shape index (κ1) is 23.3. The van der Waals surface area contributed by atoms with Gasteiger partial charge in [0.15, 0.2) is 0 Å². The van der Waals surface area contributed by atoms with Crippen molar-refractivity contribution < 1.29 is 4.74 Å². The van der Waals surface area contributed by atoms with Crippen LogP contribution in [0.25, 0.3) is 23.8 Å². The van der Waals surface area contributed by atoms with Crippen LogP contribution >= 0.6 is 0 Å². The first-order valence-corrected chi connectivity index (χ1v) is 13.1. The first-order valence-electron chi connectivity index (χ1n) is 13.1. The lowest BCUT2D eigenvalue weighted by molar-refractivity contribution is 0.114. The molecule has 0 unspecified atom stereocenters. The number of rotatable bonds is 7. The molecule has 6 heterocycles. The van der Waals surface area contributed by atoms with Gasteiger partial charge in [0.05, 0.1) is 17.6 Å². The van der Waals surface area contributed by atoms with E-state index in [1.165, 1.54) is 5.70 Å². The van der Waals surface area contributed by atoms with Gasteiger partial charge in [0.1, 0.15) is 0 Å². The quantitative estimate of drug-likeness (QED) is 0.300. The molecule has 8 bridgehead atoms. The lowest BCUT2D eigenvalue weighted by Crippen LogP contribution is -2.32. The Balaban J connectivity index is 1.47. The summed E-state index contributed by atoms with van der Waals surface area (Å²) in [7, 11) is 0. The zero-order valence-electron chi connectivity index (χ0n) is 21.2. The van der Waals surface area contributed by atoms with Crippen LogP contribution in [0, 0.1) is 0 Å². The van der Waals surface area contributed by atoms with Crippen molar-refractivity contribution in [3.8, 4) is 0 Å². The summed E-state index contributed by atoms with van der Waals surface area (Å²) in [6, 6.07) is 17.0. The second-order valence-corrected chi connectivity index (χ2v) is 9.59. The molecule has 4 aromatic rings. The van der Waals surface area contributed by atoms with E-state index in [0.29, 0.717) is 6.61 Å². The molecule has 0 saturated heterocycles. The van der Waals surface area contributed by atoms with Crippen molar-refractivity contribution >= 4 is 23.8 Å². The van der Waals surface area contributed by atoms with Crippen LogP contribution < -0.4 is 21.4 Å². The van der Waals surface area contributed by atoms with Gasteiger partial charge in [-0.15, -0.1) is 0 Å². The topological polar surface area (TPSA) is 75.6 Å². The third-order valence-electron chi connectivity index (χ3n) is 6.81. The van der Waals surface area contributed by atoms with E-state index in [2.05, 4.69) is 117 Å². The Bertz CT molecular complexity index is 1690. The van der Waals surface area contributed by atoms with E-state index < -0.39 is 0 Å². The predicted octanol–water partition coefficient (Wildman–Crippen LogP) is 2.57. The molecule has 0 radical (unpaired) electrons. The number of hydrogen-bond acceptors (Lipinski definition) is 2. The summed E-state index contributed by atoms with van der Waals surface area (Å²) >= 11 is 0. The Hall–Kier alpha value is -4.16. The molecule has 0 spiro atoms. The van der Waals surface area contributed by atoms with Crippen LogP contribution in [0.5, 0.6) is 0 Å². The number of ether oxygens (including phenoxy) is 1. The van der Waals surface area contributed by atoms with E-state index in [1.807, 2.05) is 0 Å². The molecule has 2 aliphatic rings. The van der Waals surface area contributed by atoms with Crippen LogP contribution in [0.15, 0.2) is 72.5 Å². The number of aromatic nitrogens is 4. The Morgan fingerprint density at radius 3 is 2.24 bits per heavy atom. The molecule has 188 valence electrons. The van der Waals surface area contributed by atoms with Crippen molar-refractivity contribution in [2.45, 2.75) is 19.8 Å². The minimum atomic E-state index is 0.716. The largest absolute Gasteiger partial charge is 0.380 e. The van der Waals surface area contributed by atoms with Crippen LogP contribution in [0.4, 0.5) is 0 Å². The summed E-state index contributed by atoms with van der Waals surface area (Å²) in [5, 5.41) is 4.24. The Kier molecular flexibility index (Phi) is 6.57. The van der Waals surface area contributed by atoms with Crippen LogP contribution in [0.3, 0.4) is 0 Å². The Morgan fingerprint density at radius 2 is 1.46 bits per heavy atom. The smallest absolute Gasteiger partial charge is 0.0641 e. The van der Waals surface area contributed by atoms with Gasteiger partial charge in [-0.05, 0) is 79.3 Å². The average Bonchev–Trinajstić information content (AvgIpc) is 3.71. The highest BCUT2D eigenvalue weighted by atomic mass is 16.5. The van der Waals surface area contributed by atoms with E-state index in [1.54, 1.807) is 0 Å². The summed E-state index contributed by atoms with van der Waals surface area (Å²) in [5.74, 6) is 0. The number of allylic oxidation sites excluding steroid dienone is 3. The zero-order valence-corrected chi connectivity index (χ0v) is 21.2. The molecule has 0 fully saturated rings. The number of aromatic amines is 4. The van der Waals surface area contributed by atoms with Crippen LogP contribution in [-0.4, -0.2) is 51.1 Å². The molecule has 0 atom stereocenters. The number of hydrogen-bond donors (Lipinski definition) is 4. The van der Waals surface area contributed by atoms with E-state index in [9.17, 15) is 0 Å². The monoisotopic (exact) mass is 491 g/mol. The molecule has 4 N–H and O–H groups in total. The number of H-pyrrole nitrogens is 4. The van der Waals surface area contributed by atoms with Crippen molar-refractivity contribution in [1.29, 1.82) is 0 Å². The fraction of sp³-hybridized carbons (Fsp3) is 0.226. The maximum absolute atomic E-state index is 5.92. The van der Waals surface area contributed by atoms with Gasteiger partial charge in [-0.3, -0.25) is 0 Å². The molecule has 6 heteroatoms. The highest BCUT2D eigenvalue weighted by Gasteiger charge is 2.19. The number of nitrogens with one attached hydrogen (secondary N) is 4. The lowest BCUT2D eigenvalue weighted by Gasteiger charge is -2.29. The lowest BCUT2D eigenvalue weighted by atomic mass is 10.0. The summed E-state index contributed by atoms with van der Waals surface area (Å²) in [5.41, 5.74) is 6.57. The Labute approximate surface area is 216 Å². The first-order chi connectivity index (χ1) is 18.2. The van der Waals surface area contributed by atoms with Crippen molar-refractivity contribution in [1.82, 2.24) is 24.8 Å². The van der Waals surface area contributed by atoms with Crippen LogP contribution in [-0.2, 0) is 4.74 Å². The second kappa shape index (κ2) is 10.4. The van der Waals surface area contributed by atoms with Gasteiger partial charge in [-0.1, -0.05) is 25.5 Å². The number of nitrogens with zero attached hydrogens (tertiary/aromatic N) is 1. The fourth-order valence-corrected chi connectivity index (χ4v) is 4.93. The molecule has 6 rings (SSSR count). The number of unbranched alkanes of at least 4 members (excludes halogenated alkanes) is 1. The maximum atomic E-state index is 5.92. The van der Waals surface area contributed by atoms with Gasteiger partial charge in [0.2, 0.25) is 0 Å². The molecule has 4 aromatic heterocycles. The summed E-state index contributed by atoms with van der Waals surface area (Å²) in [6.07, 6.45) is 15.2. The van der Waals surface area contributed by atoms with Crippen molar-refractivity contribution in [2.75, 3.05) is 26.3 Å². The van der Waals surface area contributed by atoms with Crippen LogP contribution in [0.2, 0.25) is 0 Å². The molecule has 0 aromatic carbocycles. The molecular formula is C31H33N5O. The SMILES string of the molecule is CCCCOCCN1CC=CC=C1C1=c2ccc([nH]2)=Cc2ccc([nH]2)C=c2ccc([nH]2)=Cc2ccc1[nH]2. The minimum Gasteiger partial charge on any atom is -0.380 e. The molecule has 37 heavy (non-hydrogen) atoms. The molecule has 0 aliphatic carbocycles. The third kappa shape index (κ3) is 5.20. The van der Waals surface area contributed by atoms with Gasteiger partial charge in [0, 0.05) is 64.1 Å². The molecule has 2 aliphatic heterocycles. The van der Waals surface area contributed by atoms with Gasteiger partial charge in [-0.2, -0.15) is 0 Å². The fourth-order valence-electron chi connectivity index (χ4n) is 4.93. The summed E-state index contributed by atoms with van der Waals surface area (Å²) < 4.78 is 5.92. The van der Waals surface area contributed by atoms with E-state index in [4.69, 9.17) is 4.74 Å². The van der Waals surface area contributed by atoms with Crippen molar-refractivity contribution in [3.05, 3.63) is 117 Å². The maximum Gasteiger partial charge on any atom is 0.0641 e. The highest BCUT2D eigenvalue weighted by Crippen LogP contribution is 2.25. The van der Waals surface area contributed by atoms with E-state index in [-0.39, 0.29) is 0 Å². The summed E-state index contributed by atoms with van der Waals surface area (Å²) in [6.45, 7) is 5.43. The zero-order chi connectivity index (χ0) is 25.0. The van der Waals surface area contributed by atoms with E-state index >= 15 is 0 Å². The average molecular weight is 492 g/mol. The second-order valence-electron chi connectivity index (χ2n) is 9.59. The highest BCUT2D eigenvalue weighted by molar-refractivity contribution is 5.77. The van der Waals surface area contributed by atoms with Crippen molar-refractivity contribution in [2.24, 2.45) is 0 Å². The molecule has 0 amide bonds. The van der Waals surface area contributed by atoms with Crippen LogP contribution in [0.1, 0.15) is 42.5 Å². The minimum absolute atomic E-state index is 0.716. The van der Waals surface area contributed by atoms with E-state index in [0.717, 1.165) is 82.3 Å².